The Morgan fingerprint density at radius 1 is 1.05 bits per heavy atom. The van der Waals surface area contributed by atoms with Gasteiger partial charge < -0.3 is 10.6 Å². The number of piperidine rings is 1. The number of nitrogens with one attached hydrogen (secondary N) is 4. The number of nitrogens with two attached hydrogens (primary N) is 2. The highest BCUT2D eigenvalue weighted by Gasteiger charge is 2.37. The van der Waals surface area contributed by atoms with E-state index in [1.54, 1.807) is 7.05 Å². The summed E-state index contributed by atoms with van der Waals surface area (Å²) in [5.74, 6) is 11.0. The Labute approximate surface area is 130 Å². The second-order valence-corrected chi connectivity index (χ2v) is 6.67. The van der Waals surface area contributed by atoms with E-state index in [0.29, 0.717) is 30.2 Å². The van der Waals surface area contributed by atoms with Crippen LogP contribution in [0.15, 0.2) is 0 Å². The van der Waals surface area contributed by atoms with Gasteiger partial charge in [-0.2, -0.15) is 0 Å². The minimum absolute atomic E-state index is 0.311. The molecule has 6 unspecified atom stereocenters. The van der Waals surface area contributed by atoms with Crippen molar-refractivity contribution in [1.82, 2.24) is 21.5 Å². The summed E-state index contributed by atoms with van der Waals surface area (Å²) in [5, 5.41) is 7.60. The molecule has 6 heteroatoms. The van der Waals surface area contributed by atoms with E-state index in [0.717, 1.165) is 5.92 Å². The molecule has 1 saturated heterocycles. The first-order valence-electron chi connectivity index (χ1n) is 8.39. The molecular formula is C15H36N6. The zero-order chi connectivity index (χ0) is 15.8. The lowest BCUT2D eigenvalue weighted by atomic mass is 9.75. The molecule has 0 aromatic carbocycles. The second-order valence-electron chi connectivity index (χ2n) is 6.67. The van der Waals surface area contributed by atoms with Crippen molar-refractivity contribution in [1.29, 1.82) is 0 Å². The zero-order valence-corrected chi connectivity index (χ0v) is 14.2. The summed E-state index contributed by atoms with van der Waals surface area (Å²) in [7, 11) is 1.65. The van der Waals surface area contributed by atoms with Crippen LogP contribution in [0.1, 0.15) is 52.9 Å². The van der Waals surface area contributed by atoms with Crippen LogP contribution in [0.5, 0.6) is 0 Å². The largest absolute Gasteiger partial charge is 0.310 e. The van der Waals surface area contributed by atoms with E-state index < -0.39 is 0 Å². The van der Waals surface area contributed by atoms with Crippen molar-refractivity contribution in [2.45, 2.75) is 83.1 Å². The van der Waals surface area contributed by atoms with E-state index >= 15 is 0 Å². The monoisotopic (exact) mass is 300 g/mol. The molecule has 2 rings (SSSR count). The lowest BCUT2D eigenvalue weighted by Crippen LogP contribution is -2.62. The summed E-state index contributed by atoms with van der Waals surface area (Å²) < 4.78 is 0. The predicted molar refractivity (Wildman–Crippen MR) is 89.4 cm³/mol. The van der Waals surface area contributed by atoms with Crippen LogP contribution in [0.2, 0.25) is 0 Å². The van der Waals surface area contributed by atoms with E-state index in [4.69, 9.17) is 5.84 Å². The normalized spacial score (nSPS) is 35.1. The smallest absolute Gasteiger partial charge is 0.0333 e. The first-order valence-corrected chi connectivity index (χ1v) is 8.39. The molecule has 1 heterocycles. The standard InChI is InChI=1S/C14H30N4.CH6N2/c1-9-7-8-12-5-4-6-13(14(12)16-9)17-10(2)11(3)18-15;1-3-2/h9-14,16-18H,4-8,15H2,1-3H3;3H,2H2,1H3. The third-order valence-corrected chi connectivity index (χ3v) is 4.97. The maximum Gasteiger partial charge on any atom is 0.0333 e. The van der Waals surface area contributed by atoms with Gasteiger partial charge in [0.15, 0.2) is 0 Å². The first kappa shape index (κ1) is 18.8. The number of hydrogen-bond donors (Lipinski definition) is 6. The molecule has 2 fully saturated rings. The molecule has 1 aliphatic heterocycles. The first-order chi connectivity index (χ1) is 10.0. The summed E-state index contributed by atoms with van der Waals surface area (Å²) in [6.45, 7) is 6.67. The third-order valence-electron chi connectivity index (χ3n) is 4.97. The Morgan fingerprint density at radius 2 is 1.71 bits per heavy atom. The Kier molecular flexibility index (Phi) is 8.70. The van der Waals surface area contributed by atoms with E-state index in [9.17, 15) is 0 Å². The van der Waals surface area contributed by atoms with Crippen LogP contribution in [-0.2, 0) is 0 Å². The minimum Gasteiger partial charge on any atom is -0.310 e. The SMILES string of the molecule is CC1CCC2CCCC(NC(C)C(C)NN)C2N1.CNN. The van der Waals surface area contributed by atoms with Gasteiger partial charge in [-0.1, -0.05) is 6.42 Å². The third kappa shape index (κ3) is 5.81. The molecule has 0 aromatic rings. The fraction of sp³-hybridized carbons (Fsp3) is 1.00. The van der Waals surface area contributed by atoms with Gasteiger partial charge in [0.1, 0.15) is 0 Å². The molecule has 0 amide bonds. The minimum atomic E-state index is 0.311. The molecule has 1 aliphatic carbocycles. The fourth-order valence-electron chi connectivity index (χ4n) is 3.55. The van der Waals surface area contributed by atoms with Crippen molar-refractivity contribution in [2.75, 3.05) is 7.05 Å². The molecule has 1 saturated carbocycles. The number of hydrogen-bond acceptors (Lipinski definition) is 6. The Morgan fingerprint density at radius 3 is 2.33 bits per heavy atom. The van der Waals surface area contributed by atoms with Crippen LogP contribution in [0, 0.1) is 5.92 Å². The summed E-state index contributed by atoms with van der Waals surface area (Å²) in [5.41, 5.74) is 5.10. The molecule has 126 valence electrons. The van der Waals surface area contributed by atoms with Gasteiger partial charge in [0.05, 0.1) is 0 Å². The maximum atomic E-state index is 5.53. The van der Waals surface area contributed by atoms with Crippen LogP contribution in [0.3, 0.4) is 0 Å². The maximum absolute atomic E-state index is 5.53. The van der Waals surface area contributed by atoms with Gasteiger partial charge in [0.25, 0.3) is 0 Å². The van der Waals surface area contributed by atoms with Crippen molar-refractivity contribution in [2.24, 2.45) is 17.6 Å². The summed E-state index contributed by atoms with van der Waals surface area (Å²) in [4.78, 5) is 0. The average Bonchev–Trinajstić information content (AvgIpc) is 2.47. The van der Waals surface area contributed by atoms with Crippen molar-refractivity contribution in [3.05, 3.63) is 0 Å². The summed E-state index contributed by atoms with van der Waals surface area (Å²) in [6, 6.07) is 2.67. The van der Waals surface area contributed by atoms with Crippen LogP contribution >= 0.6 is 0 Å². The van der Waals surface area contributed by atoms with Crippen LogP contribution in [0.4, 0.5) is 0 Å². The molecule has 6 atom stereocenters. The molecule has 0 spiro atoms. The van der Waals surface area contributed by atoms with Crippen molar-refractivity contribution >= 4 is 0 Å². The van der Waals surface area contributed by atoms with Crippen LogP contribution < -0.4 is 33.2 Å². The highest BCUT2D eigenvalue weighted by atomic mass is 15.2. The molecule has 0 bridgehead atoms. The quantitative estimate of drug-likeness (QED) is 0.328. The van der Waals surface area contributed by atoms with Gasteiger partial charge in [-0.3, -0.25) is 22.5 Å². The number of fused-ring (bicyclic) bond motifs is 1. The van der Waals surface area contributed by atoms with E-state index in [2.05, 4.69) is 48.1 Å². The second kappa shape index (κ2) is 9.71. The predicted octanol–water partition coefficient (Wildman–Crippen LogP) is 0.205. The Balaban J connectivity index is 0.000000677. The van der Waals surface area contributed by atoms with Gasteiger partial charge >= 0.3 is 0 Å². The van der Waals surface area contributed by atoms with Crippen molar-refractivity contribution in [3.8, 4) is 0 Å². The van der Waals surface area contributed by atoms with E-state index in [1.165, 1.54) is 32.1 Å². The highest BCUT2D eigenvalue weighted by Crippen LogP contribution is 2.32. The summed E-state index contributed by atoms with van der Waals surface area (Å²) >= 11 is 0. The van der Waals surface area contributed by atoms with Gasteiger partial charge in [-0.15, -0.1) is 0 Å². The highest BCUT2D eigenvalue weighted by molar-refractivity contribution is 4.97. The van der Waals surface area contributed by atoms with E-state index in [1.807, 2.05) is 0 Å². The Hall–Kier alpha value is -0.240. The molecule has 21 heavy (non-hydrogen) atoms. The molecule has 8 N–H and O–H groups in total. The number of hydrazine groups is 2. The van der Waals surface area contributed by atoms with Crippen molar-refractivity contribution in [3.63, 3.8) is 0 Å². The lowest BCUT2D eigenvalue weighted by Gasteiger charge is -2.45. The van der Waals surface area contributed by atoms with Crippen LogP contribution in [-0.4, -0.2) is 37.3 Å². The van der Waals surface area contributed by atoms with Gasteiger partial charge in [0, 0.05) is 30.2 Å². The van der Waals surface area contributed by atoms with Gasteiger partial charge in [0.2, 0.25) is 0 Å². The van der Waals surface area contributed by atoms with Gasteiger partial charge in [-0.25, -0.2) is 0 Å². The molecule has 0 aromatic heterocycles. The summed E-state index contributed by atoms with van der Waals surface area (Å²) in [6.07, 6.45) is 6.80. The number of rotatable bonds is 4. The average molecular weight is 300 g/mol. The molecule has 0 radical (unpaired) electrons. The Bertz CT molecular complexity index is 275. The van der Waals surface area contributed by atoms with E-state index in [-0.39, 0.29) is 0 Å². The fourth-order valence-corrected chi connectivity index (χ4v) is 3.55. The molecular weight excluding hydrogens is 264 g/mol. The van der Waals surface area contributed by atoms with Crippen LogP contribution in [0.25, 0.3) is 0 Å². The zero-order valence-electron chi connectivity index (χ0n) is 14.2. The van der Waals surface area contributed by atoms with Crippen molar-refractivity contribution < 1.29 is 0 Å². The molecule has 2 aliphatic rings. The lowest BCUT2D eigenvalue weighted by molar-refractivity contribution is 0.134. The molecule has 6 nitrogen and oxygen atoms in total. The van der Waals surface area contributed by atoms with Gasteiger partial charge in [-0.05, 0) is 59.4 Å². The topological polar surface area (TPSA) is 100 Å².